The molecule has 0 aliphatic carbocycles. The first-order chi connectivity index (χ1) is 18.4. The highest BCUT2D eigenvalue weighted by Gasteiger charge is 2.47. The average molecular weight is 520 g/mol. The summed E-state index contributed by atoms with van der Waals surface area (Å²) in [6, 6.07) is 7.87. The Hall–Kier alpha value is -4.17. The number of nitrogens with zero attached hydrogens (tertiary/aromatic N) is 6. The summed E-state index contributed by atoms with van der Waals surface area (Å²) in [7, 11) is 0. The van der Waals surface area contributed by atoms with Gasteiger partial charge < -0.3 is 14.5 Å². The molecule has 8 nitrogen and oxygen atoms in total. The number of carbonyl (C=O) groups excluding carboxylic acids is 1. The van der Waals surface area contributed by atoms with Gasteiger partial charge >= 0.3 is 0 Å². The van der Waals surface area contributed by atoms with Crippen molar-refractivity contribution in [2.75, 3.05) is 26.2 Å². The van der Waals surface area contributed by atoms with E-state index in [9.17, 15) is 23.2 Å². The van der Waals surface area contributed by atoms with Crippen molar-refractivity contribution in [3.05, 3.63) is 72.2 Å². The van der Waals surface area contributed by atoms with Crippen LogP contribution in [0.4, 0.5) is 13.2 Å². The molecule has 6 rings (SSSR count). The molecule has 5 heterocycles. The van der Waals surface area contributed by atoms with Gasteiger partial charge in [-0.2, -0.15) is 5.26 Å². The van der Waals surface area contributed by atoms with Crippen LogP contribution < -0.4 is 0 Å². The minimum absolute atomic E-state index is 0.171. The van der Waals surface area contributed by atoms with Gasteiger partial charge in [-0.15, -0.1) is 0 Å². The number of nitriles is 1. The molecular formula is C27H24F3N7O. The fraction of sp³-hybridized carbons (Fsp3) is 0.333. The van der Waals surface area contributed by atoms with Gasteiger partial charge in [0.15, 0.2) is 11.6 Å². The molecule has 4 aromatic rings. The molecule has 0 spiro atoms. The summed E-state index contributed by atoms with van der Waals surface area (Å²) >= 11 is 0. The number of nitrogens with one attached hydrogen (secondary N) is 1. The molecule has 194 valence electrons. The Labute approximate surface area is 216 Å². The highest BCUT2D eigenvalue weighted by Crippen LogP contribution is 2.38. The molecule has 2 aliphatic rings. The molecular weight excluding hydrogens is 495 g/mol. The smallest absolute Gasteiger partial charge is 0.259 e. The third-order valence-corrected chi connectivity index (χ3v) is 7.80. The second-order valence-corrected chi connectivity index (χ2v) is 9.98. The largest absolute Gasteiger partial charge is 0.346 e. The lowest BCUT2D eigenvalue weighted by Crippen LogP contribution is -2.66. The van der Waals surface area contributed by atoms with Crippen LogP contribution in [0.1, 0.15) is 29.6 Å². The monoisotopic (exact) mass is 519 g/mol. The normalized spacial score (nSPS) is 17.9. The number of carbonyl (C=O) groups is 1. The van der Waals surface area contributed by atoms with E-state index in [0.717, 1.165) is 28.4 Å². The summed E-state index contributed by atoms with van der Waals surface area (Å²) in [5.41, 5.74) is 1.30. The van der Waals surface area contributed by atoms with Gasteiger partial charge in [-0.05, 0) is 37.1 Å². The van der Waals surface area contributed by atoms with Crippen molar-refractivity contribution < 1.29 is 18.0 Å². The Bertz CT molecular complexity index is 1560. The van der Waals surface area contributed by atoms with E-state index in [0.29, 0.717) is 51.5 Å². The van der Waals surface area contributed by atoms with Crippen LogP contribution in [0.2, 0.25) is 0 Å². The van der Waals surface area contributed by atoms with Gasteiger partial charge in [0.05, 0.1) is 23.7 Å². The van der Waals surface area contributed by atoms with Crippen molar-refractivity contribution in [1.29, 1.82) is 5.26 Å². The minimum atomic E-state index is -1.45. The zero-order valence-corrected chi connectivity index (χ0v) is 20.4. The molecule has 1 aromatic carbocycles. The van der Waals surface area contributed by atoms with Gasteiger partial charge in [0.2, 0.25) is 0 Å². The highest BCUT2D eigenvalue weighted by atomic mass is 19.2. The fourth-order valence-corrected chi connectivity index (χ4v) is 5.73. The van der Waals surface area contributed by atoms with Crippen LogP contribution in [0.25, 0.3) is 22.3 Å². The lowest BCUT2D eigenvalue weighted by molar-refractivity contribution is -0.0348. The zero-order chi connectivity index (χ0) is 26.4. The Morgan fingerprint density at radius 3 is 2.63 bits per heavy atom. The topological polar surface area (TPSA) is 93.8 Å². The molecule has 0 radical (unpaired) electrons. The first kappa shape index (κ1) is 24.2. The first-order valence-electron chi connectivity index (χ1n) is 12.4. The van der Waals surface area contributed by atoms with Gasteiger partial charge in [0.1, 0.15) is 23.4 Å². The van der Waals surface area contributed by atoms with Crippen LogP contribution in [0.15, 0.2) is 49.2 Å². The standard InChI is InChI=1S/C27H24F3N7O/c28-20-1-2-21(29)23(30)22(20)26(38)35-10-5-18(6-11-35)36-14-27(15-36,7-8-31)37-12-4-17(13-37)24-19-3-9-32-25(19)34-16-33-24/h1-4,9,12-13,16,18H,5-7,10-11,14-15H2,(H,32,33,34). The van der Waals surface area contributed by atoms with Crippen LogP contribution in [-0.4, -0.2) is 67.4 Å². The van der Waals surface area contributed by atoms with Gasteiger partial charge in [-0.3, -0.25) is 9.69 Å². The molecule has 38 heavy (non-hydrogen) atoms. The summed E-state index contributed by atoms with van der Waals surface area (Å²) in [5.74, 6) is -4.59. The van der Waals surface area contributed by atoms with Gasteiger partial charge in [0, 0.05) is 61.8 Å². The molecule has 0 atom stereocenters. The molecule has 1 N–H and O–H groups in total. The lowest BCUT2D eigenvalue weighted by atomic mass is 9.83. The maximum atomic E-state index is 14.1. The van der Waals surface area contributed by atoms with Crippen molar-refractivity contribution >= 4 is 16.9 Å². The summed E-state index contributed by atoms with van der Waals surface area (Å²) in [6.45, 7) is 1.97. The second kappa shape index (κ2) is 9.29. The molecule has 0 saturated carbocycles. The fourth-order valence-electron chi connectivity index (χ4n) is 5.73. The quantitative estimate of drug-likeness (QED) is 0.401. The SMILES string of the molecule is N#CCC1(n2ccc(-c3ncnc4[nH]ccc34)c2)CN(C2CCN(C(=O)c3c(F)ccc(F)c3F)CC2)C1. The lowest BCUT2D eigenvalue weighted by Gasteiger charge is -2.54. The number of piperidine rings is 1. The molecule has 11 heteroatoms. The van der Waals surface area contributed by atoms with Gasteiger partial charge in [-0.25, -0.2) is 23.1 Å². The van der Waals surface area contributed by atoms with E-state index in [-0.39, 0.29) is 11.6 Å². The number of likely N-dealkylation sites (tertiary alicyclic amines) is 2. The van der Waals surface area contributed by atoms with Crippen LogP contribution in [-0.2, 0) is 5.54 Å². The third-order valence-electron chi connectivity index (χ3n) is 7.80. The molecule has 2 saturated heterocycles. The van der Waals surface area contributed by atoms with Gasteiger partial charge in [-0.1, -0.05) is 0 Å². The van der Waals surface area contributed by atoms with Crippen LogP contribution in [0, 0.1) is 28.8 Å². The maximum Gasteiger partial charge on any atom is 0.259 e. The number of aromatic amines is 1. The minimum Gasteiger partial charge on any atom is -0.346 e. The number of hydrogen-bond acceptors (Lipinski definition) is 5. The van der Waals surface area contributed by atoms with Crippen LogP contribution >= 0.6 is 0 Å². The van der Waals surface area contributed by atoms with Crippen molar-refractivity contribution in [3.8, 4) is 17.3 Å². The third kappa shape index (κ3) is 3.92. The predicted octanol–water partition coefficient (Wildman–Crippen LogP) is 4.07. The zero-order valence-electron chi connectivity index (χ0n) is 20.4. The highest BCUT2D eigenvalue weighted by molar-refractivity contribution is 5.95. The molecule has 0 bridgehead atoms. The van der Waals surface area contributed by atoms with Crippen LogP contribution in [0.3, 0.4) is 0 Å². The van der Waals surface area contributed by atoms with E-state index < -0.39 is 28.9 Å². The van der Waals surface area contributed by atoms with E-state index in [1.54, 1.807) is 0 Å². The van der Waals surface area contributed by atoms with E-state index in [1.807, 2.05) is 30.7 Å². The summed E-state index contributed by atoms with van der Waals surface area (Å²) in [6.07, 6.45) is 8.93. The van der Waals surface area contributed by atoms with Crippen LogP contribution in [0.5, 0.6) is 0 Å². The molecule has 0 unspecified atom stereocenters. The number of rotatable bonds is 5. The second-order valence-electron chi connectivity index (χ2n) is 9.98. The Kier molecular flexibility index (Phi) is 5.91. The Balaban J connectivity index is 1.13. The van der Waals surface area contributed by atoms with E-state index in [1.165, 1.54) is 11.2 Å². The maximum absolute atomic E-state index is 14.1. The number of H-pyrrole nitrogens is 1. The van der Waals surface area contributed by atoms with E-state index in [2.05, 4.69) is 30.5 Å². The predicted molar refractivity (Wildman–Crippen MR) is 132 cm³/mol. The summed E-state index contributed by atoms with van der Waals surface area (Å²) in [5, 5.41) is 10.5. The summed E-state index contributed by atoms with van der Waals surface area (Å²) in [4.78, 5) is 28.2. The number of fused-ring (bicyclic) bond motifs is 1. The van der Waals surface area contributed by atoms with Gasteiger partial charge in [0.25, 0.3) is 5.91 Å². The first-order valence-corrected chi connectivity index (χ1v) is 12.4. The molecule has 1 amide bonds. The van der Waals surface area contributed by atoms with Crippen molar-refractivity contribution in [1.82, 2.24) is 29.3 Å². The Morgan fingerprint density at radius 2 is 1.87 bits per heavy atom. The van der Waals surface area contributed by atoms with E-state index in [4.69, 9.17) is 0 Å². The number of amides is 1. The number of benzene rings is 1. The van der Waals surface area contributed by atoms with Crippen molar-refractivity contribution in [2.24, 2.45) is 0 Å². The van der Waals surface area contributed by atoms with E-state index >= 15 is 0 Å². The van der Waals surface area contributed by atoms with Crippen molar-refractivity contribution in [2.45, 2.75) is 30.8 Å². The average Bonchev–Trinajstić information content (AvgIpc) is 3.59. The van der Waals surface area contributed by atoms with Crippen molar-refractivity contribution in [3.63, 3.8) is 0 Å². The summed E-state index contributed by atoms with van der Waals surface area (Å²) < 4.78 is 43.9. The molecule has 3 aromatic heterocycles. The number of hydrogen-bond donors (Lipinski definition) is 1. The Morgan fingerprint density at radius 1 is 1.11 bits per heavy atom. The number of halogens is 3. The molecule has 2 fully saturated rings. The number of aromatic nitrogens is 4. The molecule has 2 aliphatic heterocycles.